The Balaban J connectivity index is 1.91. The number of para-hydroxylation sites is 1. The first-order valence-corrected chi connectivity index (χ1v) is 7.29. The van der Waals surface area contributed by atoms with Crippen molar-refractivity contribution in [3.8, 4) is 5.75 Å². The highest BCUT2D eigenvalue weighted by atomic mass is 16.5. The fourth-order valence-electron chi connectivity index (χ4n) is 1.89. The van der Waals surface area contributed by atoms with E-state index in [1.54, 1.807) is 0 Å². The van der Waals surface area contributed by atoms with Gasteiger partial charge in [-0.15, -0.1) is 0 Å². The highest BCUT2D eigenvalue weighted by molar-refractivity contribution is 5.66. The van der Waals surface area contributed by atoms with E-state index in [1.807, 2.05) is 30.3 Å². The molecule has 0 fully saturated rings. The summed E-state index contributed by atoms with van der Waals surface area (Å²) in [6.45, 7) is 4.68. The Labute approximate surface area is 121 Å². The van der Waals surface area contributed by atoms with Crippen LogP contribution in [-0.2, 0) is 4.79 Å². The Morgan fingerprint density at radius 2 is 2.00 bits per heavy atom. The standard InChI is InChI=1S/C16H25NO3/c1-14(8-9-16(18)19)10-12-17-11-5-13-20-15-6-3-2-4-7-15/h2-4,6-7,14,17H,5,8-13H2,1H3,(H,18,19). The predicted molar refractivity (Wildman–Crippen MR) is 80.1 cm³/mol. The van der Waals surface area contributed by atoms with E-state index in [4.69, 9.17) is 9.84 Å². The number of aliphatic carboxylic acids is 1. The molecule has 1 unspecified atom stereocenters. The number of ether oxygens (including phenoxy) is 1. The molecule has 0 saturated carbocycles. The number of nitrogens with one attached hydrogen (secondary N) is 1. The van der Waals surface area contributed by atoms with Crippen molar-refractivity contribution in [2.75, 3.05) is 19.7 Å². The Bertz CT molecular complexity index is 367. The molecule has 0 aliphatic rings. The van der Waals surface area contributed by atoms with Gasteiger partial charge < -0.3 is 15.2 Å². The molecule has 1 aromatic carbocycles. The number of rotatable bonds is 11. The average molecular weight is 279 g/mol. The van der Waals surface area contributed by atoms with Crippen LogP contribution in [-0.4, -0.2) is 30.8 Å². The highest BCUT2D eigenvalue weighted by Gasteiger charge is 2.04. The zero-order valence-electron chi connectivity index (χ0n) is 12.2. The van der Waals surface area contributed by atoms with Gasteiger partial charge in [-0.1, -0.05) is 25.1 Å². The normalized spacial score (nSPS) is 12.1. The Hall–Kier alpha value is -1.55. The third-order valence-electron chi connectivity index (χ3n) is 3.17. The van der Waals surface area contributed by atoms with Crippen molar-refractivity contribution < 1.29 is 14.6 Å². The molecule has 0 radical (unpaired) electrons. The Morgan fingerprint density at radius 1 is 1.25 bits per heavy atom. The summed E-state index contributed by atoms with van der Waals surface area (Å²) < 4.78 is 5.59. The van der Waals surface area contributed by atoms with Crippen molar-refractivity contribution in [2.45, 2.75) is 32.6 Å². The molecular formula is C16H25NO3. The molecule has 112 valence electrons. The number of hydrogen-bond donors (Lipinski definition) is 2. The highest BCUT2D eigenvalue weighted by Crippen LogP contribution is 2.09. The number of carboxylic acid groups (broad SMARTS) is 1. The van der Waals surface area contributed by atoms with Gasteiger partial charge in [0.15, 0.2) is 0 Å². The maximum atomic E-state index is 10.4. The molecule has 4 heteroatoms. The van der Waals surface area contributed by atoms with E-state index in [0.29, 0.717) is 12.5 Å². The maximum absolute atomic E-state index is 10.4. The maximum Gasteiger partial charge on any atom is 0.303 e. The van der Waals surface area contributed by atoms with Crippen LogP contribution in [0.2, 0.25) is 0 Å². The monoisotopic (exact) mass is 279 g/mol. The van der Waals surface area contributed by atoms with Crippen molar-refractivity contribution in [1.82, 2.24) is 5.32 Å². The van der Waals surface area contributed by atoms with Crippen LogP contribution in [0.15, 0.2) is 30.3 Å². The second-order valence-electron chi connectivity index (χ2n) is 5.09. The lowest BCUT2D eigenvalue weighted by Crippen LogP contribution is -2.20. The summed E-state index contributed by atoms with van der Waals surface area (Å²) in [5.41, 5.74) is 0. The minimum atomic E-state index is -0.706. The van der Waals surface area contributed by atoms with Gasteiger partial charge in [-0.3, -0.25) is 4.79 Å². The lowest BCUT2D eigenvalue weighted by atomic mass is 10.0. The largest absolute Gasteiger partial charge is 0.494 e. The minimum absolute atomic E-state index is 0.270. The van der Waals surface area contributed by atoms with E-state index in [0.717, 1.165) is 38.1 Å². The summed E-state index contributed by atoms with van der Waals surface area (Å²) in [5.74, 6) is 0.664. The van der Waals surface area contributed by atoms with Crippen LogP contribution in [0.25, 0.3) is 0 Å². The predicted octanol–water partition coefficient (Wildman–Crippen LogP) is 2.94. The van der Waals surface area contributed by atoms with Crippen molar-refractivity contribution in [3.05, 3.63) is 30.3 Å². The van der Waals surface area contributed by atoms with Crippen LogP contribution >= 0.6 is 0 Å². The summed E-state index contributed by atoms with van der Waals surface area (Å²) in [4.78, 5) is 10.4. The number of carboxylic acids is 1. The van der Waals surface area contributed by atoms with E-state index < -0.39 is 5.97 Å². The van der Waals surface area contributed by atoms with Crippen molar-refractivity contribution in [1.29, 1.82) is 0 Å². The molecule has 1 atom stereocenters. The van der Waals surface area contributed by atoms with Gasteiger partial charge in [-0.05, 0) is 50.4 Å². The summed E-state index contributed by atoms with van der Waals surface area (Å²) in [6.07, 6.45) is 3.02. The lowest BCUT2D eigenvalue weighted by molar-refractivity contribution is -0.137. The van der Waals surface area contributed by atoms with Gasteiger partial charge in [-0.25, -0.2) is 0 Å². The van der Waals surface area contributed by atoms with Crippen LogP contribution in [0.3, 0.4) is 0 Å². The number of hydrogen-bond acceptors (Lipinski definition) is 3. The van der Waals surface area contributed by atoms with Gasteiger partial charge in [-0.2, -0.15) is 0 Å². The van der Waals surface area contributed by atoms with Gasteiger partial charge in [0.25, 0.3) is 0 Å². The molecule has 0 aliphatic heterocycles. The topological polar surface area (TPSA) is 58.6 Å². The van der Waals surface area contributed by atoms with Gasteiger partial charge in [0.05, 0.1) is 6.61 Å². The van der Waals surface area contributed by atoms with Crippen molar-refractivity contribution >= 4 is 5.97 Å². The third kappa shape index (κ3) is 8.53. The smallest absolute Gasteiger partial charge is 0.303 e. The zero-order chi connectivity index (χ0) is 14.6. The molecule has 1 rings (SSSR count). The molecule has 0 aliphatic carbocycles. The second kappa shape index (κ2) is 10.3. The van der Waals surface area contributed by atoms with E-state index in [9.17, 15) is 4.79 Å². The van der Waals surface area contributed by atoms with E-state index in [1.165, 1.54) is 0 Å². The molecule has 0 amide bonds. The van der Waals surface area contributed by atoms with Gasteiger partial charge in [0, 0.05) is 6.42 Å². The molecule has 0 saturated heterocycles. The molecular weight excluding hydrogens is 254 g/mol. The first kappa shape index (κ1) is 16.5. The molecule has 4 nitrogen and oxygen atoms in total. The minimum Gasteiger partial charge on any atom is -0.494 e. The second-order valence-corrected chi connectivity index (χ2v) is 5.09. The Morgan fingerprint density at radius 3 is 2.70 bits per heavy atom. The first-order valence-electron chi connectivity index (χ1n) is 7.29. The van der Waals surface area contributed by atoms with Crippen LogP contribution in [0.5, 0.6) is 5.75 Å². The van der Waals surface area contributed by atoms with Gasteiger partial charge in [0.2, 0.25) is 0 Å². The zero-order valence-corrected chi connectivity index (χ0v) is 12.2. The molecule has 0 spiro atoms. The van der Waals surface area contributed by atoms with Gasteiger partial charge >= 0.3 is 5.97 Å². The van der Waals surface area contributed by atoms with Crippen LogP contribution in [0.4, 0.5) is 0 Å². The summed E-state index contributed by atoms with van der Waals surface area (Å²) in [6, 6.07) is 9.81. The van der Waals surface area contributed by atoms with E-state index >= 15 is 0 Å². The molecule has 0 heterocycles. The first-order chi connectivity index (χ1) is 9.68. The molecule has 1 aromatic rings. The lowest BCUT2D eigenvalue weighted by Gasteiger charge is -2.11. The molecule has 0 aromatic heterocycles. The summed E-state index contributed by atoms with van der Waals surface area (Å²) >= 11 is 0. The quantitative estimate of drug-likeness (QED) is 0.611. The van der Waals surface area contributed by atoms with Crippen LogP contribution < -0.4 is 10.1 Å². The summed E-state index contributed by atoms with van der Waals surface area (Å²) in [5, 5.41) is 12.0. The van der Waals surface area contributed by atoms with Crippen LogP contribution in [0, 0.1) is 5.92 Å². The van der Waals surface area contributed by atoms with Crippen molar-refractivity contribution in [2.24, 2.45) is 5.92 Å². The SMILES string of the molecule is CC(CCNCCCOc1ccccc1)CCC(=O)O. The number of benzene rings is 1. The molecule has 0 bridgehead atoms. The average Bonchev–Trinajstić information content (AvgIpc) is 2.45. The summed E-state index contributed by atoms with van der Waals surface area (Å²) in [7, 11) is 0. The molecule has 20 heavy (non-hydrogen) atoms. The van der Waals surface area contributed by atoms with E-state index in [2.05, 4.69) is 12.2 Å². The van der Waals surface area contributed by atoms with Crippen LogP contribution in [0.1, 0.15) is 32.6 Å². The fraction of sp³-hybridized carbons (Fsp3) is 0.562. The van der Waals surface area contributed by atoms with E-state index in [-0.39, 0.29) is 6.42 Å². The third-order valence-corrected chi connectivity index (χ3v) is 3.17. The Kier molecular flexibility index (Phi) is 8.47. The van der Waals surface area contributed by atoms with Crippen molar-refractivity contribution in [3.63, 3.8) is 0 Å². The fourth-order valence-corrected chi connectivity index (χ4v) is 1.89. The number of carbonyl (C=O) groups is 1. The van der Waals surface area contributed by atoms with Gasteiger partial charge in [0.1, 0.15) is 5.75 Å². The molecule has 2 N–H and O–H groups in total.